The third-order valence-electron chi connectivity index (χ3n) is 3.87. The van der Waals surface area contributed by atoms with E-state index >= 15 is 0 Å². The molecule has 20 heavy (non-hydrogen) atoms. The molecule has 0 saturated heterocycles. The fraction of sp³-hybridized carbons (Fsp3) is 0.692. The maximum absolute atomic E-state index is 11.3. The van der Waals surface area contributed by atoms with E-state index in [0.29, 0.717) is 24.1 Å². The smallest absolute Gasteiger partial charge is 0.332 e. The Labute approximate surface area is 118 Å². The molecular formula is C13H21N5O2. The number of hydrogen-bond donors (Lipinski definition) is 1. The second kappa shape index (κ2) is 6.02. The van der Waals surface area contributed by atoms with Crippen molar-refractivity contribution in [1.82, 2.24) is 9.97 Å². The molecule has 1 aromatic heterocycles. The van der Waals surface area contributed by atoms with Crippen molar-refractivity contribution in [3.63, 3.8) is 0 Å². The van der Waals surface area contributed by atoms with Crippen LogP contribution in [0.4, 0.5) is 17.5 Å². The van der Waals surface area contributed by atoms with Gasteiger partial charge in [0.1, 0.15) is 5.69 Å². The highest BCUT2D eigenvalue weighted by molar-refractivity contribution is 5.62. The van der Waals surface area contributed by atoms with Gasteiger partial charge in [-0.3, -0.25) is 10.1 Å². The van der Waals surface area contributed by atoms with Gasteiger partial charge in [-0.15, -0.1) is 0 Å². The Balaban J connectivity index is 2.44. The number of anilines is 2. The standard InChI is InChI=1S/C13H21N5O2/c1-3-17(10-7-5-4-6-8-10)12-11(18(19)20)9(2)15-13(14)16-12/h10H,3-8H2,1-2H3,(H2,14,15,16). The van der Waals surface area contributed by atoms with Gasteiger partial charge >= 0.3 is 5.69 Å². The number of nitrogens with two attached hydrogens (primary N) is 1. The molecule has 0 unspecified atom stereocenters. The quantitative estimate of drug-likeness (QED) is 0.671. The molecule has 1 fully saturated rings. The van der Waals surface area contributed by atoms with Gasteiger partial charge in [-0.2, -0.15) is 4.98 Å². The fourth-order valence-corrected chi connectivity index (χ4v) is 2.96. The van der Waals surface area contributed by atoms with Crippen LogP contribution in [0.1, 0.15) is 44.7 Å². The largest absolute Gasteiger partial charge is 0.368 e. The lowest BCUT2D eigenvalue weighted by Gasteiger charge is -2.34. The summed E-state index contributed by atoms with van der Waals surface area (Å²) in [6.45, 7) is 4.28. The number of hydrogen-bond acceptors (Lipinski definition) is 6. The van der Waals surface area contributed by atoms with Crippen LogP contribution in [0.15, 0.2) is 0 Å². The van der Waals surface area contributed by atoms with Gasteiger partial charge in [-0.1, -0.05) is 19.3 Å². The molecule has 7 heteroatoms. The molecule has 0 bridgehead atoms. The van der Waals surface area contributed by atoms with E-state index in [4.69, 9.17) is 5.73 Å². The van der Waals surface area contributed by atoms with Crippen molar-refractivity contribution < 1.29 is 4.92 Å². The van der Waals surface area contributed by atoms with Crippen LogP contribution in [0.5, 0.6) is 0 Å². The topological polar surface area (TPSA) is 98.2 Å². The summed E-state index contributed by atoms with van der Waals surface area (Å²) in [4.78, 5) is 21.0. The van der Waals surface area contributed by atoms with E-state index < -0.39 is 4.92 Å². The number of aryl methyl sites for hydroxylation is 1. The van der Waals surface area contributed by atoms with Crippen molar-refractivity contribution >= 4 is 17.5 Å². The van der Waals surface area contributed by atoms with E-state index in [2.05, 4.69) is 9.97 Å². The summed E-state index contributed by atoms with van der Waals surface area (Å²) in [6.07, 6.45) is 5.66. The van der Waals surface area contributed by atoms with Crippen LogP contribution in [0, 0.1) is 17.0 Å². The van der Waals surface area contributed by atoms with E-state index in [9.17, 15) is 10.1 Å². The van der Waals surface area contributed by atoms with Crippen LogP contribution in [0.3, 0.4) is 0 Å². The lowest BCUT2D eigenvalue weighted by atomic mass is 9.94. The van der Waals surface area contributed by atoms with Gasteiger partial charge < -0.3 is 10.6 Å². The first-order valence-corrected chi connectivity index (χ1v) is 7.09. The molecule has 7 nitrogen and oxygen atoms in total. The average Bonchev–Trinajstić information content (AvgIpc) is 2.39. The van der Waals surface area contributed by atoms with E-state index in [1.54, 1.807) is 6.92 Å². The maximum atomic E-state index is 11.3. The van der Waals surface area contributed by atoms with Gasteiger partial charge in [0.25, 0.3) is 0 Å². The number of rotatable bonds is 4. The van der Waals surface area contributed by atoms with Gasteiger partial charge in [-0.25, -0.2) is 4.98 Å². The molecule has 110 valence electrons. The molecule has 1 aliphatic rings. The van der Waals surface area contributed by atoms with Gasteiger partial charge in [-0.05, 0) is 26.7 Å². The highest BCUT2D eigenvalue weighted by Gasteiger charge is 2.30. The zero-order valence-electron chi connectivity index (χ0n) is 12.0. The van der Waals surface area contributed by atoms with Crippen molar-refractivity contribution in [3.8, 4) is 0 Å². The highest BCUT2D eigenvalue weighted by Crippen LogP contribution is 2.33. The normalized spacial score (nSPS) is 16.1. The second-order valence-corrected chi connectivity index (χ2v) is 5.17. The first-order valence-electron chi connectivity index (χ1n) is 7.09. The van der Waals surface area contributed by atoms with Crippen molar-refractivity contribution in [3.05, 3.63) is 15.8 Å². The lowest BCUT2D eigenvalue weighted by Crippen LogP contribution is -2.38. The minimum Gasteiger partial charge on any atom is -0.368 e. The van der Waals surface area contributed by atoms with Crippen molar-refractivity contribution in [2.75, 3.05) is 17.2 Å². The molecule has 0 radical (unpaired) electrons. The Morgan fingerprint density at radius 2 is 2.00 bits per heavy atom. The first kappa shape index (κ1) is 14.5. The van der Waals surface area contributed by atoms with Crippen molar-refractivity contribution in [2.24, 2.45) is 0 Å². The van der Waals surface area contributed by atoms with E-state index in [1.807, 2.05) is 11.8 Å². The number of nitrogens with zero attached hydrogens (tertiary/aromatic N) is 4. The van der Waals surface area contributed by atoms with E-state index in [0.717, 1.165) is 25.7 Å². The predicted molar refractivity (Wildman–Crippen MR) is 77.7 cm³/mol. The minimum atomic E-state index is -0.407. The Bertz CT molecular complexity index is 500. The molecule has 1 aliphatic carbocycles. The van der Waals surface area contributed by atoms with Crippen molar-refractivity contribution in [2.45, 2.75) is 52.0 Å². The number of nitro groups is 1. The van der Waals surface area contributed by atoms with Crippen LogP contribution in [0.2, 0.25) is 0 Å². The summed E-state index contributed by atoms with van der Waals surface area (Å²) in [5, 5.41) is 11.3. The van der Waals surface area contributed by atoms with E-state index in [1.165, 1.54) is 6.42 Å². The molecule has 1 aromatic rings. The van der Waals surface area contributed by atoms with Gasteiger partial charge in [0.2, 0.25) is 11.8 Å². The average molecular weight is 279 g/mol. The monoisotopic (exact) mass is 279 g/mol. The fourth-order valence-electron chi connectivity index (χ4n) is 2.96. The SMILES string of the molecule is CCN(c1nc(N)nc(C)c1[N+](=O)[O-])C1CCCCC1. The molecule has 0 spiro atoms. The van der Waals surface area contributed by atoms with Crippen LogP contribution in [-0.2, 0) is 0 Å². The Kier molecular flexibility index (Phi) is 4.36. The van der Waals surface area contributed by atoms with Crippen LogP contribution >= 0.6 is 0 Å². The van der Waals surface area contributed by atoms with Crippen LogP contribution in [-0.4, -0.2) is 27.5 Å². The van der Waals surface area contributed by atoms with Gasteiger partial charge in [0.05, 0.1) is 4.92 Å². The van der Waals surface area contributed by atoms with Gasteiger partial charge in [0.15, 0.2) is 0 Å². The third-order valence-corrected chi connectivity index (χ3v) is 3.87. The Morgan fingerprint density at radius 1 is 1.35 bits per heavy atom. The van der Waals surface area contributed by atoms with Crippen molar-refractivity contribution in [1.29, 1.82) is 0 Å². The third kappa shape index (κ3) is 2.81. The zero-order chi connectivity index (χ0) is 14.7. The molecule has 0 amide bonds. The molecule has 0 atom stereocenters. The molecule has 2 N–H and O–H groups in total. The summed E-state index contributed by atoms with van der Waals surface area (Å²) in [7, 11) is 0. The van der Waals surface area contributed by atoms with Crippen LogP contribution < -0.4 is 10.6 Å². The minimum absolute atomic E-state index is 0.0216. The van der Waals surface area contributed by atoms with Gasteiger partial charge in [0, 0.05) is 12.6 Å². The highest BCUT2D eigenvalue weighted by atomic mass is 16.6. The van der Waals surface area contributed by atoms with E-state index in [-0.39, 0.29) is 11.6 Å². The summed E-state index contributed by atoms with van der Waals surface area (Å²) < 4.78 is 0. The molecule has 0 aliphatic heterocycles. The molecule has 2 rings (SSSR count). The zero-order valence-corrected chi connectivity index (χ0v) is 12.0. The summed E-state index contributed by atoms with van der Waals surface area (Å²) >= 11 is 0. The maximum Gasteiger partial charge on any atom is 0.332 e. The lowest BCUT2D eigenvalue weighted by molar-refractivity contribution is -0.385. The molecular weight excluding hydrogens is 258 g/mol. The second-order valence-electron chi connectivity index (χ2n) is 5.17. The van der Waals surface area contributed by atoms with Crippen LogP contribution in [0.25, 0.3) is 0 Å². The number of aromatic nitrogens is 2. The number of nitrogen functional groups attached to an aromatic ring is 1. The predicted octanol–water partition coefficient (Wildman–Crippen LogP) is 2.43. The Morgan fingerprint density at radius 3 is 2.55 bits per heavy atom. The first-order chi connectivity index (χ1) is 9.54. The summed E-state index contributed by atoms with van der Waals surface area (Å²) in [5.41, 5.74) is 5.98. The molecule has 1 heterocycles. The summed E-state index contributed by atoms with van der Waals surface area (Å²) in [6, 6.07) is 0.307. The summed E-state index contributed by atoms with van der Waals surface area (Å²) in [5.74, 6) is 0.465. The Hall–Kier alpha value is -1.92. The molecule has 0 aromatic carbocycles. The molecule has 1 saturated carbocycles.